The van der Waals surface area contributed by atoms with E-state index in [9.17, 15) is 4.79 Å². The molecule has 0 fully saturated rings. The maximum absolute atomic E-state index is 13.3. The number of rotatable bonds is 4. The molecule has 7 heteroatoms. The van der Waals surface area contributed by atoms with Crippen LogP contribution in [0, 0.1) is 0 Å². The van der Waals surface area contributed by atoms with Gasteiger partial charge in [0.25, 0.3) is 5.91 Å². The number of methoxy groups -OCH3 is 1. The Morgan fingerprint density at radius 2 is 1.97 bits per heavy atom. The zero-order valence-electron chi connectivity index (χ0n) is 17.4. The molecular formula is C24H22N4O3. The van der Waals surface area contributed by atoms with Gasteiger partial charge in [-0.2, -0.15) is 5.10 Å². The largest absolute Gasteiger partial charge is 0.497 e. The number of aromatic nitrogens is 3. The summed E-state index contributed by atoms with van der Waals surface area (Å²) >= 11 is 0. The molecule has 1 aliphatic rings. The van der Waals surface area contributed by atoms with Crippen molar-refractivity contribution in [3.05, 3.63) is 89.4 Å². The lowest BCUT2D eigenvalue weighted by Crippen LogP contribution is -2.38. The topological polar surface area (TPSA) is 73.4 Å². The first-order valence-corrected chi connectivity index (χ1v) is 10.1. The van der Waals surface area contributed by atoms with Gasteiger partial charge in [0.15, 0.2) is 11.5 Å². The number of carbonyl (C=O) groups is 1. The number of benzene rings is 2. The quantitative estimate of drug-likeness (QED) is 0.507. The summed E-state index contributed by atoms with van der Waals surface area (Å²) in [6.07, 6.45) is 3.88. The average Bonchev–Trinajstić information content (AvgIpc) is 3.47. The minimum atomic E-state index is -0.146. The van der Waals surface area contributed by atoms with Crippen molar-refractivity contribution in [1.29, 1.82) is 0 Å². The van der Waals surface area contributed by atoms with Gasteiger partial charge in [-0.15, -0.1) is 0 Å². The van der Waals surface area contributed by atoms with E-state index >= 15 is 0 Å². The van der Waals surface area contributed by atoms with Crippen LogP contribution in [0.2, 0.25) is 0 Å². The molecule has 31 heavy (non-hydrogen) atoms. The van der Waals surface area contributed by atoms with Crippen LogP contribution in [-0.4, -0.2) is 39.4 Å². The molecule has 1 atom stereocenters. The highest BCUT2D eigenvalue weighted by atomic mass is 16.5. The summed E-state index contributed by atoms with van der Waals surface area (Å²) in [4.78, 5) is 15.1. The summed E-state index contributed by atoms with van der Waals surface area (Å²) in [7, 11) is 3.52. The van der Waals surface area contributed by atoms with Crippen molar-refractivity contribution in [2.24, 2.45) is 7.05 Å². The Morgan fingerprint density at radius 1 is 1.16 bits per heavy atom. The van der Waals surface area contributed by atoms with Gasteiger partial charge < -0.3 is 14.2 Å². The molecule has 0 saturated carbocycles. The van der Waals surface area contributed by atoms with Crippen molar-refractivity contribution >= 4 is 5.91 Å². The predicted octanol–water partition coefficient (Wildman–Crippen LogP) is 3.87. The molecule has 1 aliphatic heterocycles. The normalized spacial score (nSPS) is 15.5. The summed E-state index contributed by atoms with van der Waals surface area (Å²) < 4.78 is 12.4. The van der Waals surface area contributed by atoms with Crippen molar-refractivity contribution in [2.75, 3.05) is 13.7 Å². The van der Waals surface area contributed by atoms with Gasteiger partial charge >= 0.3 is 0 Å². The van der Waals surface area contributed by atoms with E-state index in [1.54, 1.807) is 17.9 Å². The van der Waals surface area contributed by atoms with E-state index in [1.807, 2.05) is 60.7 Å². The van der Waals surface area contributed by atoms with Crippen LogP contribution < -0.4 is 4.74 Å². The van der Waals surface area contributed by atoms with Crippen molar-refractivity contribution in [2.45, 2.75) is 12.5 Å². The molecule has 0 spiro atoms. The molecule has 0 saturated heterocycles. The zero-order chi connectivity index (χ0) is 21.4. The Kier molecular flexibility index (Phi) is 4.78. The van der Waals surface area contributed by atoms with E-state index < -0.39 is 0 Å². The number of hydrogen-bond acceptors (Lipinski definition) is 5. The second kappa shape index (κ2) is 7.75. The molecule has 2 aromatic carbocycles. The SMILES string of the molecule is COc1ccc(-c2cc(C(=O)N3Cc4ccccc4C(c4cnn(C)c4)C3)no2)cc1. The molecule has 4 aromatic rings. The Hall–Kier alpha value is -3.87. The van der Waals surface area contributed by atoms with Crippen LogP contribution >= 0.6 is 0 Å². The zero-order valence-corrected chi connectivity index (χ0v) is 17.4. The summed E-state index contributed by atoms with van der Waals surface area (Å²) in [6, 6.07) is 17.4. The maximum atomic E-state index is 13.3. The summed E-state index contributed by atoms with van der Waals surface area (Å²) in [6.45, 7) is 1.10. The van der Waals surface area contributed by atoms with Gasteiger partial charge in [0.1, 0.15) is 5.75 Å². The third kappa shape index (κ3) is 3.59. The summed E-state index contributed by atoms with van der Waals surface area (Å²) in [5.74, 6) is 1.22. The minimum Gasteiger partial charge on any atom is -0.497 e. The van der Waals surface area contributed by atoms with E-state index in [0.717, 1.165) is 22.4 Å². The van der Waals surface area contributed by atoms with E-state index in [0.29, 0.717) is 24.5 Å². The Morgan fingerprint density at radius 3 is 2.71 bits per heavy atom. The van der Waals surface area contributed by atoms with Crippen LogP contribution in [0.3, 0.4) is 0 Å². The van der Waals surface area contributed by atoms with Crippen LogP contribution in [0.25, 0.3) is 11.3 Å². The van der Waals surface area contributed by atoms with Gasteiger partial charge in [0.2, 0.25) is 0 Å². The lowest BCUT2D eigenvalue weighted by molar-refractivity contribution is 0.0714. The lowest BCUT2D eigenvalue weighted by atomic mass is 9.86. The number of aryl methyl sites for hydroxylation is 1. The van der Waals surface area contributed by atoms with Crippen molar-refractivity contribution < 1.29 is 14.1 Å². The highest BCUT2D eigenvalue weighted by molar-refractivity contribution is 5.93. The molecule has 0 N–H and O–H groups in total. The number of nitrogens with zero attached hydrogens (tertiary/aromatic N) is 4. The highest BCUT2D eigenvalue weighted by Crippen LogP contribution is 2.34. The molecule has 2 aromatic heterocycles. The lowest BCUT2D eigenvalue weighted by Gasteiger charge is -2.34. The van der Waals surface area contributed by atoms with Gasteiger partial charge in [-0.1, -0.05) is 29.4 Å². The van der Waals surface area contributed by atoms with E-state index in [4.69, 9.17) is 9.26 Å². The molecule has 0 radical (unpaired) electrons. The molecule has 7 nitrogen and oxygen atoms in total. The number of carbonyl (C=O) groups excluding carboxylic acids is 1. The van der Waals surface area contributed by atoms with Gasteiger partial charge in [0, 0.05) is 43.9 Å². The summed E-state index contributed by atoms with van der Waals surface area (Å²) in [5.41, 5.74) is 4.60. The van der Waals surface area contributed by atoms with Gasteiger partial charge in [0.05, 0.1) is 13.3 Å². The molecular weight excluding hydrogens is 392 g/mol. The molecule has 0 bridgehead atoms. The van der Waals surface area contributed by atoms with Crippen LogP contribution in [0.5, 0.6) is 5.75 Å². The van der Waals surface area contributed by atoms with Crippen molar-refractivity contribution in [3.8, 4) is 17.1 Å². The Bertz CT molecular complexity index is 1230. The number of hydrogen-bond donors (Lipinski definition) is 0. The van der Waals surface area contributed by atoms with Crippen LogP contribution in [0.4, 0.5) is 0 Å². The second-order valence-electron chi connectivity index (χ2n) is 7.69. The summed E-state index contributed by atoms with van der Waals surface area (Å²) in [5, 5.41) is 8.37. The first-order valence-electron chi connectivity index (χ1n) is 10.1. The maximum Gasteiger partial charge on any atom is 0.276 e. The smallest absolute Gasteiger partial charge is 0.276 e. The fourth-order valence-corrected chi connectivity index (χ4v) is 4.10. The number of ether oxygens (including phenoxy) is 1. The van der Waals surface area contributed by atoms with Crippen molar-refractivity contribution in [3.63, 3.8) is 0 Å². The van der Waals surface area contributed by atoms with Gasteiger partial charge in [-0.25, -0.2) is 0 Å². The molecule has 3 heterocycles. The minimum absolute atomic E-state index is 0.0653. The molecule has 5 rings (SSSR count). The predicted molar refractivity (Wildman–Crippen MR) is 115 cm³/mol. The third-order valence-corrected chi connectivity index (χ3v) is 5.71. The average molecular weight is 414 g/mol. The van der Waals surface area contributed by atoms with Crippen LogP contribution in [-0.2, 0) is 13.6 Å². The Labute approximate surface area is 179 Å². The Balaban J connectivity index is 1.42. The van der Waals surface area contributed by atoms with E-state index in [1.165, 1.54) is 5.56 Å². The third-order valence-electron chi connectivity index (χ3n) is 5.71. The second-order valence-corrected chi connectivity index (χ2v) is 7.69. The first kappa shape index (κ1) is 19.1. The number of amides is 1. The van der Waals surface area contributed by atoms with E-state index in [2.05, 4.69) is 22.4 Å². The monoisotopic (exact) mass is 414 g/mol. The molecule has 156 valence electrons. The number of fused-ring (bicyclic) bond motifs is 1. The van der Waals surface area contributed by atoms with Crippen molar-refractivity contribution in [1.82, 2.24) is 19.8 Å². The fourth-order valence-electron chi connectivity index (χ4n) is 4.10. The fraction of sp³-hybridized carbons (Fsp3) is 0.208. The van der Waals surface area contributed by atoms with Gasteiger partial charge in [-0.3, -0.25) is 9.48 Å². The molecule has 0 aliphatic carbocycles. The highest BCUT2D eigenvalue weighted by Gasteiger charge is 2.31. The molecule has 1 unspecified atom stereocenters. The standard InChI is InChI=1S/C24H22N4O3/c1-27-13-18(12-25-27)21-15-28(14-17-5-3-4-6-20(17)21)24(29)22-11-23(31-26-22)16-7-9-19(30-2)10-8-16/h3-13,21H,14-15H2,1-2H3. The van der Waals surface area contributed by atoms with Gasteiger partial charge in [-0.05, 0) is 41.0 Å². The van der Waals surface area contributed by atoms with Crippen LogP contribution in [0.15, 0.2) is 71.5 Å². The first-order chi connectivity index (χ1) is 15.1. The molecule has 1 amide bonds. The van der Waals surface area contributed by atoms with Crippen LogP contribution in [0.1, 0.15) is 33.1 Å². The van der Waals surface area contributed by atoms with E-state index in [-0.39, 0.29) is 11.8 Å².